The zero-order valence-corrected chi connectivity index (χ0v) is 12.1. The van der Waals surface area contributed by atoms with E-state index in [9.17, 15) is 21.6 Å². The zero-order chi connectivity index (χ0) is 16.4. The molecule has 0 saturated carbocycles. The van der Waals surface area contributed by atoms with Gasteiger partial charge in [0.2, 0.25) is 0 Å². The largest absolute Gasteiger partial charge is 0.573 e. The van der Waals surface area contributed by atoms with Crippen LogP contribution in [0, 0.1) is 6.92 Å². The Bertz CT molecular complexity index is 752. The van der Waals surface area contributed by atoms with Crippen LogP contribution in [-0.4, -0.2) is 14.8 Å². The van der Waals surface area contributed by atoms with E-state index in [1.165, 1.54) is 24.3 Å². The van der Waals surface area contributed by atoms with Crippen LogP contribution < -0.4 is 8.92 Å². The van der Waals surface area contributed by atoms with Crippen molar-refractivity contribution in [1.82, 2.24) is 0 Å². The Hall–Kier alpha value is -2.22. The molecule has 0 N–H and O–H groups in total. The average Bonchev–Trinajstić information content (AvgIpc) is 2.37. The lowest BCUT2D eigenvalue weighted by Gasteiger charge is -2.11. The number of rotatable bonds is 4. The summed E-state index contributed by atoms with van der Waals surface area (Å²) in [6.07, 6.45) is -4.87. The summed E-state index contributed by atoms with van der Waals surface area (Å²) in [6.45, 7) is 1.79. The van der Waals surface area contributed by atoms with Crippen molar-refractivity contribution >= 4 is 10.1 Å². The highest BCUT2D eigenvalue weighted by atomic mass is 32.2. The van der Waals surface area contributed by atoms with Crippen molar-refractivity contribution < 1.29 is 30.5 Å². The first-order chi connectivity index (χ1) is 10.2. The van der Waals surface area contributed by atoms with Gasteiger partial charge in [0, 0.05) is 6.07 Å². The summed E-state index contributed by atoms with van der Waals surface area (Å²) in [7, 11) is -4.13. The van der Waals surface area contributed by atoms with Crippen molar-refractivity contribution in [3.05, 3.63) is 54.1 Å². The maximum atomic E-state index is 12.1. The van der Waals surface area contributed by atoms with Crippen LogP contribution in [0.4, 0.5) is 13.2 Å². The molecule has 0 aliphatic rings. The van der Waals surface area contributed by atoms with Gasteiger partial charge in [-0.2, -0.15) is 8.42 Å². The molecule has 0 amide bonds. The smallest absolute Gasteiger partial charge is 0.406 e. The highest BCUT2D eigenvalue weighted by Crippen LogP contribution is 2.27. The third-order valence-corrected chi connectivity index (χ3v) is 3.82. The van der Waals surface area contributed by atoms with Crippen LogP contribution in [-0.2, 0) is 10.1 Å². The van der Waals surface area contributed by atoms with Crippen LogP contribution in [0.3, 0.4) is 0 Å². The SMILES string of the molecule is Cc1ccc(S(=O)(=O)Oc2cccc(OC(F)(F)F)c2)cc1. The molecule has 0 fully saturated rings. The minimum atomic E-state index is -4.87. The van der Waals surface area contributed by atoms with Crippen LogP contribution in [0.25, 0.3) is 0 Å². The third kappa shape index (κ3) is 4.39. The zero-order valence-electron chi connectivity index (χ0n) is 11.3. The maximum Gasteiger partial charge on any atom is 0.573 e. The first kappa shape index (κ1) is 16.2. The highest BCUT2D eigenvalue weighted by Gasteiger charge is 2.31. The van der Waals surface area contributed by atoms with E-state index in [0.29, 0.717) is 0 Å². The molecule has 0 aliphatic carbocycles. The Labute approximate surface area is 125 Å². The lowest BCUT2D eigenvalue weighted by atomic mass is 10.2. The fourth-order valence-corrected chi connectivity index (χ4v) is 2.53. The summed E-state index contributed by atoms with van der Waals surface area (Å²) in [4.78, 5) is -0.0970. The van der Waals surface area contributed by atoms with Crippen LogP contribution in [0.1, 0.15) is 5.56 Å². The number of aryl methyl sites for hydroxylation is 1. The molecular weight excluding hydrogens is 321 g/mol. The second-order valence-corrected chi connectivity index (χ2v) is 5.92. The van der Waals surface area contributed by atoms with E-state index in [1.807, 2.05) is 0 Å². The Morgan fingerprint density at radius 1 is 0.955 bits per heavy atom. The van der Waals surface area contributed by atoms with E-state index in [-0.39, 0.29) is 10.6 Å². The molecule has 0 aromatic heterocycles. The van der Waals surface area contributed by atoms with Crippen LogP contribution in [0.15, 0.2) is 53.4 Å². The maximum absolute atomic E-state index is 12.1. The predicted octanol–water partition coefficient (Wildman–Crippen LogP) is 3.66. The van der Waals surface area contributed by atoms with Gasteiger partial charge in [0.05, 0.1) is 0 Å². The molecule has 22 heavy (non-hydrogen) atoms. The van der Waals surface area contributed by atoms with Crippen molar-refractivity contribution in [3.8, 4) is 11.5 Å². The number of hydrogen-bond donors (Lipinski definition) is 0. The molecule has 0 spiro atoms. The topological polar surface area (TPSA) is 52.6 Å². The molecular formula is C14H11F3O4S. The molecule has 0 saturated heterocycles. The quantitative estimate of drug-likeness (QED) is 0.802. The highest BCUT2D eigenvalue weighted by molar-refractivity contribution is 7.87. The molecule has 0 atom stereocenters. The summed E-state index contributed by atoms with van der Waals surface area (Å²) in [5.74, 6) is -0.841. The lowest BCUT2D eigenvalue weighted by molar-refractivity contribution is -0.274. The molecule has 0 bridgehead atoms. The van der Waals surface area contributed by atoms with Gasteiger partial charge in [-0.15, -0.1) is 13.2 Å². The fraction of sp³-hybridized carbons (Fsp3) is 0.143. The molecule has 8 heteroatoms. The molecule has 0 aliphatic heterocycles. The summed E-state index contributed by atoms with van der Waals surface area (Å²) in [6, 6.07) is 10.2. The molecule has 118 valence electrons. The van der Waals surface area contributed by atoms with Crippen molar-refractivity contribution in [1.29, 1.82) is 0 Å². The molecule has 2 aromatic carbocycles. The summed E-state index contributed by atoms with van der Waals surface area (Å²) < 4.78 is 69.0. The van der Waals surface area contributed by atoms with Gasteiger partial charge in [-0.05, 0) is 31.2 Å². The van der Waals surface area contributed by atoms with Crippen LogP contribution in [0.2, 0.25) is 0 Å². The number of hydrogen-bond acceptors (Lipinski definition) is 4. The van der Waals surface area contributed by atoms with Gasteiger partial charge in [0.15, 0.2) is 0 Å². The van der Waals surface area contributed by atoms with E-state index in [1.54, 1.807) is 19.1 Å². The summed E-state index contributed by atoms with van der Waals surface area (Å²) in [5, 5.41) is 0. The Balaban J connectivity index is 2.23. The van der Waals surface area contributed by atoms with E-state index >= 15 is 0 Å². The van der Waals surface area contributed by atoms with Gasteiger partial charge in [-0.1, -0.05) is 23.8 Å². The van der Waals surface area contributed by atoms with E-state index < -0.39 is 22.2 Å². The number of halogens is 3. The minimum absolute atomic E-state index is 0.0970. The first-order valence-electron chi connectivity index (χ1n) is 6.03. The van der Waals surface area contributed by atoms with Crippen molar-refractivity contribution in [2.24, 2.45) is 0 Å². The Morgan fingerprint density at radius 3 is 2.14 bits per heavy atom. The van der Waals surface area contributed by atoms with Gasteiger partial charge in [-0.3, -0.25) is 0 Å². The molecule has 2 rings (SSSR count). The van der Waals surface area contributed by atoms with Gasteiger partial charge in [0.25, 0.3) is 0 Å². The summed E-state index contributed by atoms with van der Waals surface area (Å²) in [5.41, 5.74) is 0.861. The number of ether oxygens (including phenoxy) is 1. The standard InChI is InChI=1S/C14H11F3O4S/c1-10-5-7-13(8-6-10)22(18,19)21-12-4-2-3-11(9-12)20-14(15,16)17/h2-9H,1H3. The predicted molar refractivity (Wildman–Crippen MR) is 72.1 cm³/mol. The third-order valence-electron chi connectivity index (χ3n) is 2.55. The fourth-order valence-electron chi connectivity index (χ4n) is 1.60. The second kappa shape index (κ2) is 5.88. The van der Waals surface area contributed by atoms with E-state index in [0.717, 1.165) is 17.7 Å². The monoisotopic (exact) mass is 332 g/mol. The van der Waals surface area contributed by atoms with Crippen molar-refractivity contribution in [2.75, 3.05) is 0 Å². The number of benzene rings is 2. The van der Waals surface area contributed by atoms with Gasteiger partial charge in [-0.25, -0.2) is 0 Å². The minimum Gasteiger partial charge on any atom is -0.406 e. The van der Waals surface area contributed by atoms with Crippen LogP contribution in [0.5, 0.6) is 11.5 Å². The second-order valence-electron chi connectivity index (χ2n) is 4.37. The summed E-state index contributed by atoms with van der Waals surface area (Å²) >= 11 is 0. The van der Waals surface area contributed by atoms with Crippen LogP contribution >= 0.6 is 0 Å². The van der Waals surface area contributed by atoms with E-state index in [2.05, 4.69) is 4.74 Å². The molecule has 0 radical (unpaired) electrons. The normalized spacial score (nSPS) is 12.0. The van der Waals surface area contributed by atoms with Crippen molar-refractivity contribution in [2.45, 2.75) is 18.2 Å². The van der Waals surface area contributed by atoms with Gasteiger partial charge >= 0.3 is 16.5 Å². The van der Waals surface area contributed by atoms with Gasteiger partial charge in [0.1, 0.15) is 16.4 Å². The molecule has 4 nitrogen and oxygen atoms in total. The van der Waals surface area contributed by atoms with Crippen molar-refractivity contribution in [3.63, 3.8) is 0 Å². The molecule has 2 aromatic rings. The average molecular weight is 332 g/mol. The number of alkyl halides is 3. The first-order valence-corrected chi connectivity index (χ1v) is 7.43. The Kier molecular flexibility index (Phi) is 4.32. The van der Waals surface area contributed by atoms with Gasteiger partial charge < -0.3 is 8.92 Å². The lowest BCUT2D eigenvalue weighted by Crippen LogP contribution is -2.17. The Morgan fingerprint density at radius 2 is 1.55 bits per heavy atom. The molecule has 0 heterocycles. The van der Waals surface area contributed by atoms with E-state index in [4.69, 9.17) is 4.18 Å². The molecule has 0 unspecified atom stereocenters.